The fourth-order valence-electron chi connectivity index (χ4n) is 1.42. The lowest BCUT2D eigenvalue weighted by atomic mass is 10.4. The van der Waals surface area contributed by atoms with Crippen LogP contribution in [-0.2, 0) is 0 Å². The van der Waals surface area contributed by atoms with Crippen LogP contribution in [0.3, 0.4) is 0 Å². The zero-order chi connectivity index (χ0) is 11.4. The van der Waals surface area contributed by atoms with Crippen LogP contribution in [0.4, 0.5) is 0 Å². The number of nitrogens with zero attached hydrogens (tertiary/aromatic N) is 1. The van der Waals surface area contributed by atoms with E-state index in [-0.39, 0.29) is 0 Å². The standard InChI is InChI=1S/C11H28N4/c1-12-6-4-8-14-9-11-15(3)10-5-7-13-2/h12-14H,4-11H2,1-3H3. The molecule has 3 N–H and O–H groups in total. The third-order valence-corrected chi connectivity index (χ3v) is 2.42. The Balaban J connectivity index is 3.06. The lowest BCUT2D eigenvalue weighted by Crippen LogP contribution is -2.32. The predicted molar refractivity (Wildman–Crippen MR) is 67.5 cm³/mol. The van der Waals surface area contributed by atoms with E-state index in [9.17, 15) is 0 Å². The molecule has 15 heavy (non-hydrogen) atoms. The van der Waals surface area contributed by atoms with Crippen LogP contribution in [0.5, 0.6) is 0 Å². The summed E-state index contributed by atoms with van der Waals surface area (Å²) in [4.78, 5) is 2.38. The summed E-state index contributed by atoms with van der Waals surface area (Å²) >= 11 is 0. The monoisotopic (exact) mass is 216 g/mol. The minimum atomic E-state index is 1.10. The first-order valence-electron chi connectivity index (χ1n) is 5.99. The predicted octanol–water partition coefficient (Wildman–Crippen LogP) is -0.273. The Hall–Kier alpha value is -0.160. The van der Waals surface area contributed by atoms with Gasteiger partial charge in [-0.05, 0) is 60.2 Å². The Morgan fingerprint density at radius 2 is 1.47 bits per heavy atom. The molecule has 0 saturated heterocycles. The molecule has 92 valence electrons. The zero-order valence-corrected chi connectivity index (χ0v) is 10.6. The third-order valence-electron chi connectivity index (χ3n) is 2.42. The fraction of sp³-hybridized carbons (Fsp3) is 1.00. The van der Waals surface area contributed by atoms with E-state index in [1.54, 1.807) is 0 Å². The Labute approximate surface area is 94.8 Å². The quantitative estimate of drug-likeness (QED) is 0.416. The minimum Gasteiger partial charge on any atom is -0.320 e. The first-order chi connectivity index (χ1) is 7.31. The van der Waals surface area contributed by atoms with Crippen molar-refractivity contribution >= 4 is 0 Å². The van der Waals surface area contributed by atoms with Crippen LogP contribution in [-0.4, -0.2) is 65.3 Å². The van der Waals surface area contributed by atoms with Crippen molar-refractivity contribution in [2.24, 2.45) is 0 Å². The molecule has 0 saturated carbocycles. The number of hydrogen-bond acceptors (Lipinski definition) is 4. The normalized spacial score (nSPS) is 11.2. The van der Waals surface area contributed by atoms with Crippen molar-refractivity contribution in [3.05, 3.63) is 0 Å². The van der Waals surface area contributed by atoms with Crippen LogP contribution in [0, 0.1) is 0 Å². The van der Waals surface area contributed by atoms with Gasteiger partial charge in [0.2, 0.25) is 0 Å². The minimum absolute atomic E-state index is 1.10. The van der Waals surface area contributed by atoms with Crippen molar-refractivity contribution in [2.45, 2.75) is 12.8 Å². The van der Waals surface area contributed by atoms with Gasteiger partial charge in [0.1, 0.15) is 0 Å². The molecule has 0 heterocycles. The molecule has 0 aliphatic carbocycles. The van der Waals surface area contributed by atoms with E-state index < -0.39 is 0 Å². The summed E-state index contributed by atoms with van der Waals surface area (Å²) in [5, 5.41) is 9.75. The molecule has 0 bridgehead atoms. The maximum Gasteiger partial charge on any atom is 0.0104 e. The Morgan fingerprint density at radius 3 is 2.13 bits per heavy atom. The van der Waals surface area contributed by atoms with Crippen molar-refractivity contribution < 1.29 is 0 Å². The molecule has 0 aromatic rings. The van der Waals surface area contributed by atoms with Crippen molar-refractivity contribution in [2.75, 3.05) is 60.4 Å². The molecule has 0 atom stereocenters. The van der Waals surface area contributed by atoms with Crippen LogP contribution in [0.15, 0.2) is 0 Å². The van der Waals surface area contributed by atoms with Gasteiger partial charge >= 0.3 is 0 Å². The molecular formula is C11H28N4. The fourth-order valence-corrected chi connectivity index (χ4v) is 1.42. The average Bonchev–Trinajstić information content (AvgIpc) is 2.23. The molecule has 0 fully saturated rings. The second kappa shape index (κ2) is 11.9. The molecule has 4 heteroatoms. The van der Waals surface area contributed by atoms with Gasteiger partial charge in [0, 0.05) is 13.1 Å². The second-order valence-electron chi connectivity index (χ2n) is 3.97. The van der Waals surface area contributed by atoms with Crippen LogP contribution >= 0.6 is 0 Å². The van der Waals surface area contributed by atoms with Crippen LogP contribution in [0.25, 0.3) is 0 Å². The Kier molecular flexibility index (Phi) is 11.8. The van der Waals surface area contributed by atoms with E-state index >= 15 is 0 Å². The van der Waals surface area contributed by atoms with Gasteiger partial charge in [-0.15, -0.1) is 0 Å². The van der Waals surface area contributed by atoms with Crippen LogP contribution in [0.1, 0.15) is 12.8 Å². The molecule has 0 aliphatic rings. The molecular weight excluding hydrogens is 188 g/mol. The van der Waals surface area contributed by atoms with Gasteiger partial charge in [-0.25, -0.2) is 0 Å². The molecule has 0 rings (SSSR count). The smallest absolute Gasteiger partial charge is 0.0104 e. The van der Waals surface area contributed by atoms with E-state index in [0.717, 1.165) is 32.7 Å². The van der Waals surface area contributed by atoms with Gasteiger partial charge < -0.3 is 20.9 Å². The summed E-state index contributed by atoms with van der Waals surface area (Å²) < 4.78 is 0. The number of likely N-dealkylation sites (N-methyl/N-ethyl adjacent to an activating group) is 1. The van der Waals surface area contributed by atoms with Gasteiger partial charge in [-0.1, -0.05) is 0 Å². The maximum atomic E-state index is 3.44. The molecule has 0 radical (unpaired) electrons. The van der Waals surface area contributed by atoms with Gasteiger partial charge in [0.15, 0.2) is 0 Å². The Morgan fingerprint density at radius 1 is 0.800 bits per heavy atom. The number of hydrogen-bond donors (Lipinski definition) is 3. The number of nitrogens with one attached hydrogen (secondary N) is 3. The van der Waals surface area contributed by atoms with E-state index in [0.29, 0.717) is 0 Å². The highest BCUT2D eigenvalue weighted by Crippen LogP contribution is 1.84. The lowest BCUT2D eigenvalue weighted by molar-refractivity contribution is 0.326. The molecule has 0 aromatic heterocycles. The highest BCUT2D eigenvalue weighted by molar-refractivity contribution is 4.56. The first-order valence-corrected chi connectivity index (χ1v) is 5.99. The topological polar surface area (TPSA) is 39.3 Å². The van der Waals surface area contributed by atoms with Gasteiger partial charge in [0.25, 0.3) is 0 Å². The Bertz CT molecular complexity index is 119. The summed E-state index contributed by atoms with van der Waals surface area (Å²) in [6, 6.07) is 0. The SMILES string of the molecule is CNCCCNCCN(C)CCCNC. The largest absolute Gasteiger partial charge is 0.320 e. The molecule has 0 unspecified atom stereocenters. The molecule has 0 amide bonds. The molecule has 0 aliphatic heterocycles. The zero-order valence-electron chi connectivity index (χ0n) is 10.6. The van der Waals surface area contributed by atoms with E-state index in [2.05, 4.69) is 27.9 Å². The third kappa shape index (κ3) is 11.8. The second-order valence-corrected chi connectivity index (χ2v) is 3.97. The van der Waals surface area contributed by atoms with E-state index in [1.165, 1.54) is 19.4 Å². The van der Waals surface area contributed by atoms with Gasteiger partial charge in [-0.3, -0.25) is 0 Å². The van der Waals surface area contributed by atoms with E-state index in [4.69, 9.17) is 0 Å². The van der Waals surface area contributed by atoms with Crippen molar-refractivity contribution in [3.8, 4) is 0 Å². The van der Waals surface area contributed by atoms with Gasteiger partial charge in [0.05, 0.1) is 0 Å². The summed E-state index contributed by atoms with van der Waals surface area (Å²) in [5.41, 5.74) is 0. The summed E-state index contributed by atoms with van der Waals surface area (Å²) in [6.07, 6.45) is 2.44. The molecule has 4 nitrogen and oxygen atoms in total. The molecule has 0 aromatic carbocycles. The highest BCUT2D eigenvalue weighted by Gasteiger charge is 1.96. The number of rotatable bonds is 11. The average molecular weight is 216 g/mol. The lowest BCUT2D eigenvalue weighted by Gasteiger charge is -2.16. The summed E-state index contributed by atoms with van der Waals surface area (Å²) in [7, 11) is 6.18. The summed E-state index contributed by atoms with van der Waals surface area (Å²) in [6.45, 7) is 6.75. The van der Waals surface area contributed by atoms with Crippen molar-refractivity contribution in [1.29, 1.82) is 0 Å². The van der Waals surface area contributed by atoms with Gasteiger partial charge in [-0.2, -0.15) is 0 Å². The van der Waals surface area contributed by atoms with Crippen LogP contribution in [0.2, 0.25) is 0 Å². The first kappa shape index (κ1) is 14.8. The van der Waals surface area contributed by atoms with Crippen LogP contribution < -0.4 is 16.0 Å². The highest BCUT2D eigenvalue weighted by atomic mass is 15.1. The summed E-state index contributed by atoms with van der Waals surface area (Å²) in [5.74, 6) is 0. The van der Waals surface area contributed by atoms with E-state index in [1.807, 2.05) is 14.1 Å². The molecule has 0 spiro atoms. The maximum absolute atomic E-state index is 3.44. The van der Waals surface area contributed by atoms with Crippen molar-refractivity contribution in [1.82, 2.24) is 20.9 Å². The van der Waals surface area contributed by atoms with Crippen molar-refractivity contribution in [3.63, 3.8) is 0 Å².